The van der Waals surface area contributed by atoms with E-state index in [1.807, 2.05) is 12.5 Å². The van der Waals surface area contributed by atoms with Crippen LogP contribution in [0.4, 0.5) is 0 Å². The van der Waals surface area contributed by atoms with Gasteiger partial charge in [-0.1, -0.05) is 30.3 Å². The van der Waals surface area contributed by atoms with Gasteiger partial charge in [0.2, 0.25) is 0 Å². The number of rotatable bonds is 6. The Morgan fingerprint density at radius 1 is 1.19 bits per heavy atom. The lowest BCUT2D eigenvalue weighted by atomic mass is 10.1. The molecule has 0 saturated heterocycles. The van der Waals surface area contributed by atoms with Gasteiger partial charge in [-0.15, -0.1) is 0 Å². The molecule has 21 heavy (non-hydrogen) atoms. The van der Waals surface area contributed by atoms with Crippen LogP contribution < -0.4 is 5.32 Å². The minimum absolute atomic E-state index is 0.127. The van der Waals surface area contributed by atoms with Gasteiger partial charge in [0, 0.05) is 24.3 Å². The highest BCUT2D eigenvalue weighted by atomic mass is 15.1. The van der Waals surface area contributed by atoms with Crippen molar-refractivity contribution in [2.75, 3.05) is 0 Å². The lowest BCUT2D eigenvalue weighted by Crippen LogP contribution is -2.35. The number of benzene rings is 1. The van der Waals surface area contributed by atoms with Crippen LogP contribution in [-0.2, 0) is 13.0 Å². The van der Waals surface area contributed by atoms with Crippen LogP contribution in [-0.4, -0.2) is 15.1 Å². The van der Waals surface area contributed by atoms with Gasteiger partial charge in [-0.3, -0.25) is 0 Å². The number of aryl methyl sites for hydroxylation is 1. The fourth-order valence-corrected chi connectivity index (χ4v) is 2.38. The van der Waals surface area contributed by atoms with E-state index in [0.29, 0.717) is 6.04 Å². The summed E-state index contributed by atoms with van der Waals surface area (Å²) in [7, 11) is 0. The topological polar surface area (TPSA) is 29.9 Å². The Morgan fingerprint density at radius 2 is 1.90 bits per heavy atom. The molecule has 1 heterocycles. The van der Waals surface area contributed by atoms with Crippen molar-refractivity contribution in [2.45, 2.75) is 58.7 Å². The van der Waals surface area contributed by atoms with Crippen molar-refractivity contribution in [2.24, 2.45) is 0 Å². The van der Waals surface area contributed by atoms with Crippen molar-refractivity contribution in [3.05, 3.63) is 54.1 Å². The summed E-state index contributed by atoms with van der Waals surface area (Å²) >= 11 is 0. The van der Waals surface area contributed by atoms with Crippen molar-refractivity contribution in [3.63, 3.8) is 0 Å². The maximum Gasteiger partial charge on any atom is 0.0951 e. The van der Waals surface area contributed by atoms with Crippen LogP contribution in [0.3, 0.4) is 0 Å². The summed E-state index contributed by atoms with van der Waals surface area (Å²) in [6, 6.07) is 11.1. The second kappa shape index (κ2) is 6.90. The summed E-state index contributed by atoms with van der Waals surface area (Å²) in [5.74, 6) is 0. The first kappa shape index (κ1) is 15.8. The number of aromatic nitrogens is 2. The van der Waals surface area contributed by atoms with Gasteiger partial charge in [0.25, 0.3) is 0 Å². The minimum atomic E-state index is 0.127. The smallest absolute Gasteiger partial charge is 0.0951 e. The Kier molecular flexibility index (Phi) is 5.18. The van der Waals surface area contributed by atoms with E-state index in [9.17, 15) is 0 Å². The molecule has 3 nitrogen and oxygen atoms in total. The highest BCUT2D eigenvalue weighted by Crippen LogP contribution is 2.17. The molecule has 1 N–H and O–H groups in total. The highest BCUT2D eigenvalue weighted by molar-refractivity contribution is 5.14. The first-order valence-corrected chi connectivity index (χ1v) is 7.75. The highest BCUT2D eigenvalue weighted by Gasteiger charge is 2.13. The third-order valence-electron chi connectivity index (χ3n) is 3.71. The van der Waals surface area contributed by atoms with Crippen molar-refractivity contribution in [1.29, 1.82) is 0 Å². The molecule has 3 heteroatoms. The molecule has 0 aliphatic carbocycles. The molecular formula is C18H27N3. The molecule has 0 saturated carbocycles. The number of nitrogens with one attached hydrogen (secondary N) is 1. The van der Waals surface area contributed by atoms with Gasteiger partial charge >= 0.3 is 0 Å². The first-order valence-electron chi connectivity index (χ1n) is 7.75. The van der Waals surface area contributed by atoms with E-state index >= 15 is 0 Å². The number of hydrogen-bond acceptors (Lipinski definition) is 2. The lowest BCUT2D eigenvalue weighted by molar-refractivity contribution is 0.405. The molecule has 114 valence electrons. The predicted molar refractivity (Wildman–Crippen MR) is 88.3 cm³/mol. The fraction of sp³-hybridized carbons (Fsp3) is 0.500. The van der Waals surface area contributed by atoms with Crippen LogP contribution in [0.1, 0.15) is 51.4 Å². The summed E-state index contributed by atoms with van der Waals surface area (Å²) in [5.41, 5.74) is 2.78. The Labute approximate surface area is 128 Å². The normalized spacial score (nSPS) is 13.3. The third kappa shape index (κ3) is 5.01. The van der Waals surface area contributed by atoms with E-state index in [4.69, 9.17) is 0 Å². The first-order chi connectivity index (χ1) is 9.96. The summed E-state index contributed by atoms with van der Waals surface area (Å²) in [6.07, 6.45) is 6.16. The molecule has 0 amide bonds. The number of hydrogen-bond donors (Lipinski definition) is 1. The Morgan fingerprint density at radius 3 is 2.57 bits per heavy atom. The van der Waals surface area contributed by atoms with Gasteiger partial charge in [-0.25, -0.2) is 4.98 Å². The SMILES string of the molecule is CC(CCc1ccccc1)n1cncc1CNC(C)(C)C. The molecule has 1 atom stereocenters. The molecular weight excluding hydrogens is 258 g/mol. The number of imidazole rings is 1. The molecule has 2 aromatic rings. The Hall–Kier alpha value is -1.61. The van der Waals surface area contributed by atoms with Gasteiger partial charge in [0.05, 0.1) is 12.0 Å². The molecule has 0 aliphatic heterocycles. The zero-order valence-electron chi connectivity index (χ0n) is 13.6. The molecule has 0 bridgehead atoms. The molecule has 0 fully saturated rings. The predicted octanol–water partition coefficient (Wildman–Crippen LogP) is 3.97. The van der Waals surface area contributed by atoms with Crippen LogP contribution >= 0.6 is 0 Å². The lowest BCUT2D eigenvalue weighted by Gasteiger charge is -2.22. The maximum atomic E-state index is 4.32. The Bertz CT molecular complexity index is 537. The zero-order chi connectivity index (χ0) is 15.3. The summed E-state index contributed by atoms with van der Waals surface area (Å²) in [6.45, 7) is 9.69. The van der Waals surface area contributed by atoms with Gasteiger partial charge in [-0.2, -0.15) is 0 Å². The second-order valence-corrected chi connectivity index (χ2v) is 6.77. The van der Waals surface area contributed by atoms with E-state index in [-0.39, 0.29) is 5.54 Å². The Balaban J connectivity index is 1.93. The van der Waals surface area contributed by atoms with Crippen LogP contribution in [0, 0.1) is 0 Å². The van der Waals surface area contributed by atoms with Crippen LogP contribution in [0.5, 0.6) is 0 Å². The van der Waals surface area contributed by atoms with Crippen LogP contribution in [0.25, 0.3) is 0 Å². The van der Waals surface area contributed by atoms with Gasteiger partial charge in [0.1, 0.15) is 0 Å². The molecule has 1 unspecified atom stereocenters. The van der Waals surface area contributed by atoms with Crippen molar-refractivity contribution < 1.29 is 0 Å². The van der Waals surface area contributed by atoms with E-state index < -0.39 is 0 Å². The van der Waals surface area contributed by atoms with Crippen molar-refractivity contribution in [1.82, 2.24) is 14.9 Å². The largest absolute Gasteiger partial charge is 0.331 e. The van der Waals surface area contributed by atoms with E-state index in [0.717, 1.165) is 19.4 Å². The minimum Gasteiger partial charge on any atom is -0.331 e. The van der Waals surface area contributed by atoms with Crippen molar-refractivity contribution in [3.8, 4) is 0 Å². The average molecular weight is 285 g/mol. The van der Waals surface area contributed by atoms with Crippen LogP contribution in [0.15, 0.2) is 42.9 Å². The monoisotopic (exact) mass is 285 g/mol. The van der Waals surface area contributed by atoms with Gasteiger partial charge < -0.3 is 9.88 Å². The average Bonchev–Trinajstić information content (AvgIpc) is 2.91. The second-order valence-electron chi connectivity index (χ2n) is 6.77. The standard InChI is InChI=1S/C18H27N3/c1-15(10-11-16-8-6-5-7-9-16)21-14-19-12-17(21)13-20-18(2,3)4/h5-9,12,14-15,20H,10-11,13H2,1-4H3. The van der Waals surface area contributed by atoms with Crippen molar-refractivity contribution >= 4 is 0 Å². The number of nitrogens with zero attached hydrogens (tertiary/aromatic N) is 2. The third-order valence-corrected chi connectivity index (χ3v) is 3.71. The van der Waals surface area contributed by atoms with Gasteiger partial charge in [-0.05, 0) is 46.1 Å². The van der Waals surface area contributed by atoms with E-state index in [2.05, 4.69) is 72.9 Å². The fourth-order valence-electron chi connectivity index (χ4n) is 2.38. The summed E-state index contributed by atoms with van der Waals surface area (Å²) < 4.78 is 2.29. The molecule has 0 radical (unpaired) electrons. The maximum absolute atomic E-state index is 4.32. The molecule has 1 aromatic heterocycles. The summed E-state index contributed by atoms with van der Waals surface area (Å²) in [4.78, 5) is 4.32. The zero-order valence-corrected chi connectivity index (χ0v) is 13.6. The quantitative estimate of drug-likeness (QED) is 0.870. The van der Waals surface area contributed by atoms with Crippen LogP contribution in [0.2, 0.25) is 0 Å². The summed E-state index contributed by atoms with van der Waals surface area (Å²) in [5, 5.41) is 3.53. The molecule has 1 aromatic carbocycles. The van der Waals surface area contributed by atoms with E-state index in [1.165, 1.54) is 11.3 Å². The molecule has 0 spiro atoms. The molecule has 0 aliphatic rings. The molecule has 2 rings (SSSR count). The van der Waals surface area contributed by atoms with Gasteiger partial charge in [0.15, 0.2) is 0 Å². The van der Waals surface area contributed by atoms with E-state index in [1.54, 1.807) is 0 Å².